The molecule has 1 amide bonds. The second-order valence-corrected chi connectivity index (χ2v) is 8.46. The number of aryl methyl sites for hydroxylation is 3. The summed E-state index contributed by atoms with van der Waals surface area (Å²) >= 11 is 1.63. The fourth-order valence-corrected chi connectivity index (χ4v) is 5.18. The van der Waals surface area contributed by atoms with Gasteiger partial charge in [0.05, 0.1) is 17.5 Å². The lowest BCUT2D eigenvalue weighted by Crippen LogP contribution is -2.33. The fourth-order valence-electron chi connectivity index (χ4n) is 4.12. The van der Waals surface area contributed by atoms with E-state index in [1.807, 2.05) is 18.7 Å². The maximum absolute atomic E-state index is 12.9. The number of amides is 1. The van der Waals surface area contributed by atoms with Gasteiger partial charge in [0.2, 0.25) is 5.91 Å². The molecule has 0 radical (unpaired) electrons. The van der Waals surface area contributed by atoms with E-state index in [9.17, 15) is 4.79 Å². The van der Waals surface area contributed by atoms with Crippen LogP contribution in [-0.4, -0.2) is 43.0 Å². The zero-order valence-corrected chi connectivity index (χ0v) is 16.9. The highest BCUT2D eigenvalue weighted by atomic mass is 32.2. The molecule has 0 saturated carbocycles. The van der Waals surface area contributed by atoms with Crippen molar-refractivity contribution in [1.82, 2.24) is 24.8 Å². The van der Waals surface area contributed by atoms with Gasteiger partial charge in [-0.25, -0.2) is 0 Å². The van der Waals surface area contributed by atoms with Crippen LogP contribution >= 0.6 is 11.8 Å². The minimum atomic E-state index is 0.0801. The summed E-state index contributed by atoms with van der Waals surface area (Å²) in [7, 11) is 0. The van der Waals surface area contributed by atoms with E-state index < -0.39 is 0 Å². The topological polar surface area (TPSA) is 77.1 Å². The van der Waals surface area contributed by atoms with Crippen LogP contribution in [0, 0.1) is 13.8 Å². The molecule has 0 spiro atoms. The van der Waals surface area contributed by atoms with Gasteiger partial charge in [0.25, 0.3) is 0 Å². The van der Waals surface area contributed by atoms with Crippen LogP contribution in [0.15, 0.2) is 4.52 Å². The Bertz CT molecular complexity index is 796. The molecule has 0 N–H and O–H groups in total. The number of hydrogen-bond acceptors (Lipinski definition) is 6. The van der Waals surface area contributed by atoms with Gasteiger partial charge in [-0.1, -0.05) is 11.6 Å². The Morgan fingerprint density at radius 3 is 2.89 bits per heavy atom. The highest BCUT2D eigenvalue weighted by molar-refractivity contribution is 7.99. The predicted octanol–water partition coefficient (Wildman–Crippen LogP) is 3.21. The van der Waals surface area contributed by atoms with Gasteiger partial charge in [-0.3, -0.25) is 4.79 Å². The molecule has 0 aromatic carbocycles. The third kappa shape index (κ3) is 3.77. The average Bonchev–Trinajstić information content (AvgIpc) is 3.32. The highest BCUT2D eigenvalue weighted by Gasteiger charge is 2.34. The summed E-state index contributed by atoms with van der Waals surface area (Å²) < 4.78 is 7.48. The van der Waals surface area contributed by atoms with Crippen LogP contribution < -0.4 is 0 Å². The van der Waals surface area contributed by atoms with Gasteiger partial charge < -0.3 is 14.0 Å². The fraction of sp³-hybridized carbons (Fsp3) is 0.684. The standard InChI is InChI=1S/C19H27N5O2S/c1-13-15(14(2)26-22-13)11-27-12-18(25)23-10-6-7-16(23)19-21-20-17-8-4-3-5-9-24(17)19/h16H,3-12H2,1-2H3. The van der Waals surface area contributed by atoms with E-state index >= 15 is 0 Å². The van der Waals surface area contributed by atoms with Gasteiger partial charge in [0.1, 0.15) is 11.6 Å². The van der Waals surface area contributed by atoms with E-state index in [1.54, 1.807) is 11.8 Å². The second kappa shape index (κ2) is 8.04. The van der Waals surface area contributed by atoms with Crippen molar-refractivity contribution in [2.75, 3.05) is 12.3 Å². The number of nitrogens with zero attached hydrogens (tertiary/aromatic N) is 5. The summed E-state index contributed by atoms with van der Waals surface area (Å²) in [5.41, 5.74) is 2.02. The number of likely N-dealkylation sites (tertiary alicyclic amines) is 1. The maximum atomic E-state index is 12.9. The molecule has 2 aliphatic rings. The van der Waals surface area contributed by atoms with Crippen LogP contribution in [0.1, 0.15) is 66.8 Å². The molecule has 4 rings (SSSR count). The molecule has 146 valence electrons. The molecule has 27 heavy (non-hydrogen) atoms. The zero-order chi connectivity index (χ0) is 18.8. The SMILES string of the molecule is Cc1noc(C)c1CSCC(=O)N1CCCC1c1nnc2n1CCCCC2. The van der Waals surface area contributed by atoms with Crippen LogP contribution in [0.25, 0.3) is 0 Å². The summed E-state index contributed by atoms with van der Waals surface area (Å²) in [6.45, 7) is 5.67. The number of rotatable bonds is 5. The molecule has 2 aromatic rings. The lowest BCUT2D eigenvalue weighted by Gasteiger charge is -2.24. The summed E-state index contributed by atoms with van der Waals surface area (Å²) in [6, 6.07) is 0.0801. The lowest BCUT2D eigenvalue weighted by atomic mass is 10.2. The van der Waals surface area contributed by atoms with Gasteiger partial charge in [-0.05, 0) is 39.5 Å². The lowest BCUT2D eigenvalue weighted by molar-refractivity contribution is -0.129. The van der Waals surface area contributed by atoms with Gasteiger partial charge >= 0.3 is 0 Å². The summed E-state index contributed by atoms with van der Waals surface area (Å²) in [6.07, 6.45) is 6.62. The van der Waals surface area contributed by atoms with Gasteiger partial charge in [0, 0.05) is 30.8 Å². The molecular formula is C19H27N5O2S. The third-order valence-corrected chi connectivity index (χ3v) is 6.61. The minimum absolute atomic E-state index is 0.0801. The first-order valence-electron chi connectivity index (χ1n) is 9.86. The van der Waals surface area contributed by atoms with Crippen LogP contribution in [0.5, 0.6) is 0 Å². The van der Waals surface area contributed by atoms with E-state index in [4.69, 9.17) is 4.52 Å². The Morgan fingerprint density at radius 1 is 1.19 bits per heavy atom. The van der Waals surface area contributed by atoms with Crippen molar-refractivity contribution >= 4 is 17.7 Å². The zero-order valence-electron chi connectivity index (χ0n) is 16.1. The van der Waals surface area contributed by atoms with Crippen molar-refractivity contribution in [1.29, 1.82) is 0 Å². The molecular weight excluding hydrogens is 362 g/mol. The monoisotopic (exact) mass is 389 g/mol. The first-order chi connectivity index (χ1) is 13.1. The number of aromatic nitrogens is 4. The molecule has 2 aromatic heterocycles. The van der Waals surface area contributed by atoms with Crippen LogP contribution in [0.3, 0.4) is 0 Å². The van der Waals surface area contributed by atoms with E-state index in [2.05, 4.69) is 19.9 Å². The number of carbonyl (C=O) groups excluding carboxylic acids is 1. The van der Waals surface area contributed by atoms with Crippen molar-refractivity contribution in [3.05, 3.63) is 28.7 Å². The summed E-state index contributed by atoms with van der Waals surface area (Å²) in [4.78, 5) is 14.9. The van der Waals surface area contributed by atoms with E-state index in [0.29, 0.717) is 5.75 Å². The average molecular weight is 390 g/mol. The van der Waals surface area contributed by atoms with Crippen LogP contribution in [0.2, 0.25) is 0 Å². The molecule has 1 atom stereocenters. The van der Waals surface area contributed by atoms with Crippen LogP contribution in [0.4, 0.5) is 0 Å². The minimum Gasteiger partial charge on any atom is -0.361 e. The first-order valence-corrected chi connectivity index (χ1v) is 11.0. The molecule has 0 bridgehead atoms. The Kier molecular flexibility index (Phi) is 5.52. The summed E-state index contributed by atoms with van der Waals surface area (Å²) in [5.74, 6) is 4.36. The first kappa shape index (κ1) is 18.5. The van der Waals surface area contributed by atoms with Gasteiger partial charge in [-0.2, -0.15) is 0 Å². The van der Waals surface area contributed by atoms with Gasteiger partial charge in [-0.15, -0.1) is 22.0 Å². The van der Waals surface area contributed by atoms with E-state index in [-0.39, 0.29) is 11.9 Å². The molecule has 1 saturated heterocycles. The van der Waals surface area contributed by atoms with Crippen molar-refractivity contribution in [2.24, 2.45) is 0 Å². The molecule has 0 aliphatic carbocycles. The van der Waals surface area contributed by atoms with Crippen molar-refractivity contribution < 1.29 is 9.32 Å². The Hall–Kier alpha value is -1.83. The smallest absolute Gasteiger partial charge is 0.233 e. The second-order valence-electron chi connectivity index (χ2n) is 7.48. The molecule has 7 nitrogen and oxygen atoms in total. The van der Waals surface area contributed by atoms with Crippen molar-refractivity contribution in [2.45, 2.75) is 70.7 Å². The van der Waals surface area contributed by atoms with E-state index in [0.717, 1.165) is 66.8 Å². The van der Waals surface area contributed by atoms with Crippen LogP contribution in [-0.2, 0) is 23.5 Å². The number of thioether (sulfide) groups is 1. The molecule has 1 fully saturated rings. The molecule has 1 unspecified atom stereocenters. The number of hydrogen-bond donors (Lipinski definition) is 0. The predicted molar refractivity (Wildman–Crippen MR) is 103 cm³/mol. The number of carbonyl (C=O) groups is 1. The molecule has 2 aliphatic heterocycles. The molecule has 4 heterocycles. The largest absolute Gasteiger partial charge is 0.361 e. The maximum Gasteiger partial charge on any atom is 0.233 e. The van der Waals surface area contributed by atoms with E-state index in [1.165, 1.54) is 19.3 Å². The normalized spacial score (nSPS) is 19.9. The Balaban J connectivity index is 1.41. The quantitative estimate of drug-likeness (QED) is 0.781. The van der Waals surface area contributed by atoms with Crippen molar-refractivity contribution in [3.63, 3.8) is 0 Å². The Labute approximate surface area is 163 Å². The van der Waals surface area contributed by atoms with Gasteiger partial charge in [0.15, 0.2) is 5.82 Å². The third-order valence-electron chi connectivity index (χ3n) is 5.66. The van der Waals surface area contributed by atoms with Crippen molar-refractivity contribution in [3.8, 4) is 0 Å². The molecule has 8 heteroatoms. The Morgan fingerprint density at radius 2 is 2.07 bits per heavy atom. The number of fused-ring (bicyclic) bond motifs is 1. The highest BCUT2D eigenvalue weighted by Crippen LogP contribution is 2.33. The summed E-state index contributed by atoms with van der Waals surface area (Å²) in [5, 5.41) is 12.9.